The first-order valence-electron chi connectivity index (χ1n) is 3.75. The summed E-state index contributed by atoms with van der Waals surface area (Å²) in [5, 5.41) is 2.84. The van der Waals surface area contributed by atoms with Gasteiger partial charge in [0.1, 0.15) is 12.2 Å². The fourth-order valence-electron chi connectivity index (χ4n) is 1.10. The van der Waals surface area contributed by atoms with Crippen LogP contribution in [-0.2, 0) is 14.3 Å². The zero-order chi connectivity index (χ0) is 9.14. The first-order chi connectivity index (χ1) is 5.63. The molecule has 0 aromatic carbocycles. The predicted molar refractivity (Wildman–Crippen MR) is 42.3 cm³/mol. The average Bonchev–Trinajstić information content (AvgIpc) is 2.37. The van der Waals surface area contributed by atoms with E-state index >= 15 is 0 Å². The van der Waals surface area contributed by atoms with Crippen molar-refractivity contribution in [2.24, 2.45) is 0 Å². The molecule has 1 N–H and O–H groups in total. The lowest BCUT2D eigenvalue weighted by Crippen LogP contribution is -2.16. The van der Waals surface area contributed by atoms with E-state index in [0.29, 0.717) is 19.0 Å². The van der Waals surface area contributed by atoms with Crippen LogP contribution in [0.4, 0.5) is 0 Å². The summed E-state index contributed by atoms with van der Waals surface area (Å²) in [7, 11) is 0. The Morgan fingerprint density at radius 1 is 1.33 bits per heavy atom. The molecule has 66 valence electrons. The number of hydrogen-bond donors (Lipinski definition) is 1. The van der Waals surface area contributed by atoms with Crippen LogP contribution in [0.2, 0.25) is 0 Å². The van der Waals surface area contributed by atoms with Gasteiger partial charge in [0.05, 0.1) is 6.54 Å². The van der Waals surface area contributed by atoms with Gasteiger partial charge in [0.25, 0.3) is 0 Å². The van der Waals surface area contributed by atoms with Crippen molar-refractivity contribution in [1.82, 2.24) is 5.32 Å². The molecule has 1 heterocycles. The predicted octanol–water partition coefficient (Wildman–Crippen LogP) is -0.00420. The number of rotatable bonds is 2. The standard InChI is InChI=1S/C8H11NO3/c1-5(10)7(6(2)11)8-9-3-4-12-8/h9H,3-4H2,1-2H3. The van der Waals surface area contributed by atoms with Crippen LogP contribution in [0.15, 0.2) is 11.5 Å². The summed E-state index contributed by atoms with van der Waals surface area (Å²) in [5.41, 5.74) is 0.132. The van der Waals surface area contributed by atoms with Crippen LogP contribution >= 0.6 is 0 Å². The van der Waals surface area contributed by atoms with Crippen molar-refractivity contribution in [3.63, 3.8) is 0 Å². The molecule has 0 aliphatic carbocycles. The maximum atomic E-state index is 11.0. The Balaban J connectivity index is 2.97. The number of ketones is 2. The quantitative estimate of drug-likeness (QED) is 0.359. The Labute approximate surface area is 70.6 Å². The molecule has 0 bridgehead atoms. The third-order valence-electron chi connectivity index (χ3n) is 1.57. The van der Waals surface area contributed by atoms with Gasteiger partial charge in [0.15, 0.2) is 11.6 Å². The first-order valence-corrected chi connectivity index (χ1v) is 3.75. The Hall–Kier alpha value is -1.32. The van der Waals surface area contributed by atoms with Crippen LogP contribution in [-0.4, -0.2) is 24.7 Å². The van der Waals surface area contributed by atoms with E-state index < -0.39 is 0 Å². The van der Waals surface area contributed by atoms with E-state index in [4.69, 9.17) is 4.74 Å². The Morgan fingerprint density at radius 3 is 2.25 bits per heavy atom. The molecule has 1 fully saturated rings. The second-order valence-electron chi connectivity index (χ2n) is 2.59. The number of Topliss-reactive ketones (excluding diaryl/α,β-unsaturated/α-hetero) is 2. The summed E-state index contributed by atoms with van der Waals surface area (Å²) < 4.78 is 5.06. The molecular weight excluding hydrogens is 158 g/mol. The van der Waals surface area contributed by atoms with Crippen LogP contribution in [0.5, 0.6) is 0 Å². The molecule has 0 unspecified atom stereocenters. The molecule has 1 rings (SSSR count). The fraction of sp³-hybridized carbons (Fsp3) is 0.500. The topological polar surface area (TPSA) is 55.4 Å². The van der Waals surface area contributed by atoms with E-state index in [1.54, 1.807) is 0 Å². The lowest BCUT2D eigenvalue weighted by atomic mass is 10.1. The van der Waals surface area contributed by atoms with Crippen LogP contribution in [0, 0.1) is 0 Å². The second-order valence-corrected chi connectivity index (χ2v) is 2.59. The third kappa shape index (κ3) is 1.64. The van der Waals surface area contributed by atoms with Gasteiger partial charge in [-0.05, 0) is 13.8 Å². The Kier molecular flexibility index (Phi) is 2.47. The van der Waals surface area contributed by atoms with Gasteiger partial charge >= 0.3 is 0 Å². The summed E-state index contributed by atoms with van der Waals surface area (Å²) in [5.74, 6) is -0.186. The molecule has 1 aliphatic rings. The molecule has 0 spiro atoms. The summed E-state index contributed by atoms with van der Waals surface area (Å²) in [6.45, 7) is 3.87. The number of nitrogens with one attached hydrogen (secondary N) is 1. The molecular formula is C8H11NO3. The van der Waals surface area contributed by atoms with E-state index in [2.05, 4.69) is 5.32 Å². The maximum absolute atomic E-state index is 11.0. The average molecular weight is 169 g/mol. The van der Waals surface area contributed by atoms with Crippen molar-refractivity contribution in [1.29, 1.82) is 0 Å². The first kappa shape index (κ1) is 8.77. The maximum Gasteiger partial charge on any atom is 0.201 e. The molecule has 1 saturated heterocycles. The van der Waals surface area contributed by atoms with E-state index in [-0.39, 0.29) is 17.1 Å². The molecule has 0 atom stereocenters. The molecule has 0 aromatic rings. The summed E-state index contributed by atoms with van der Waals surface area (Å²) in [4.78, 5) is 21.9. The van der Waals surface area contributed by atoms with Gasteiger partial charge in [-0.1, -0.05) is 0 Å². The van der Waals surface area contributed by atoms with Crippen LogP contribution in [0.3, 0.4) is 0 Å². The van der Waals surface area contributed by atoms with Crippen molar-refractivity contribution in [2.75, 3.05) is 13.2 Å². The minimum absolute atomic E-state index is 0.132. The minimum atomic E-state index is -0.257. The van der Waals surface area contributed by atoms with Gasteiger partial charge < -0.3 is 10.1 Å². The largest absolute Gasteiger partial charge is 0.477 e. The van der Waals surface area contributed by atoms with Gasteiger partial charge in [-0.25, -0.2) is 0 Å². The highest BCUT2D eigenvalue weighted by molar-refractivity contribution is 6.18. The highest BCUT2D eigenvalue weighted by Gasteiger charge is 2.20. The SMILES string of the molecule is CC(=O)C(C(C)=O)=C1NCCO1. The van der Waals surface area contributed by atoms with E-state index in [1.165, 1.54) is 13.8 Å². The van der Waals surface area contributed by atoms with Crippen LogP contribution < -0.4 is 5.32 Å². The monoisotopic (exact) mass is 169 g/mol. The van der Waals surface area contributed by atoms with E-state index in [9.17, 15) is 9.59 Å². The summed E-state index contributed by atoms with van der Waals surface area (Å²) in [6.07, 6.45) is 0. The van der Waals surface area contributed by atoms with Crippen molar-refractivity contribution < 1.29 is 14.3 Å². The molecule has 4 nitrogen and oxygen atoms in total. The molecule has 4 heteroatoms. The van der Waals surface area contributed by atoms with Gasteiger partial charge in [-0.2, -0.15) is 0 Å². The highest BCUT2D eigenvalue weighted by atomic mass is 16.5. The number of ether oxygens (including phenoxy) is 1. The van der Waals surface area contributed by atoms with Crippen molar-refractivity contribution >= 4 is 11.6 Å². The van der Waals surface area contributed by atoms with E-state index in [0.717, 1.165) is 0 Å². The van der Waals surface area contributed by atoms with Gasteiger partial charge in [-0.15, -0.1) is 0 Å². The second kappa shape index (κ2) is 3.38. The van der Waals surface area contributed by atoms with Crippen LogP contribution in [0.1, 0.15) is 13.8 Å². The molecule has 0 amide bonds. The third-order valence-corrected chi connectivity index (χ3v) is 1.57. The van der Waals surface area contributed by atoms with Gasteiger partial charge in [0.2, 0.25) is 5.88 Å². The Morgan fingerprint density at radius 2 is 1.92 bits per heavy atom. The normalized spacial score (nSPS) is 15.0. The van der Waals surface area contributed by atoms with Crippen LogP contribution in [0.25, 0.3) is 0 Å². The molecule has 0 radical (unpaired) electrons. The van der Waals surface area contributed by atoms with Gasteiger partial charge in [-0.3, -0.25) is 9.59 Å². The van der Waals surface area contributed by atoms with Crippen molar-refractivity contribution in [3.8, 4) is 0 Å². The van der Waals surface area contributed by atoms with Crippen molar-refractivity contribution in [2.45, 2.75) is 13.8 Å². The van der Waals surface area contributed by atoms with Gasteiger partial charge in [0, 0.05) is 0 Å². The number of carbonyl (C=O) groups is 2. The lowest BCUT2D eigenvalue weighted by molar-refractivity contribution is -0.119. The minimum Gasteiger partial charge on any atom is -0.477 e. The molecule has 1 aliphatic heterocycles. The zero-order valence-corrected chi connectivity index (χ0v) is 7.14. The lowest BCUT2D eigenvalue weighted by Gasteiger charge is -2.03. The van der Waals surface area contributed by atoms with Crippen molar-refractivity contribution in [3.05, 3.63) is 11.5 Å². The number of carbonyl (C=O) groups excluding carboxylic acids is 2. The summed E-state index contributed by atoms with van der Waals surface area (Å²) in [6, 6.07) is 0. The number of hydrogen-bond acceptors (Lipinski definition) is 4. The van der Waals surface area contributed by atoms with E-state index in [1.807, 2.05) is 0 Å². The molecule has 0 saturated carbocycles. The fourth-order valence-corrected chi connectivity index (χ4v) is 1.10. The smallest absolute Gasteiger partial charge is 0.201 e. The Bertz CT molecular complexity index is 231. The highest BCUT2D eigenvalue weighted by Crippen LogP contribution is 2.09. The number of allylic oxidation sites excluding steroid dienone is 1. The zero-order valence-electron chi connectivity index (χ0n) is 7.14. The summed E-state index contributed by atoms with van der Waals surface area (Å²) >= 11 is 0. The molecule has 0 aromatic heterocycles. The molecule has 12 heavy (non-hydrogen) atoms.